The van der Waals surface area contributed by atoms with Gasteiger partial charge in [-0.1, -0.05) is 0 Å². The van der Waals surface area contributed by atoms with Crippen molar-refractivity contribution in [2.45, 2.75) is 25.3 Å². The fourth-order valence-electron chi connectivity index (χ4n) is 1.10. The van der Waals surface area contributed by atoms with Crippen LogP contribution in [-0.2, 0) is 0 Å². The predicted octanol–water partition coefficient (Wildman–Crippen LogP) is 2.79. The first-order chi connectivity index (χ1) is 6.11. The van der Waals surface area contributed by atoms with E-state index in [-0.39, 0.29) is 11.4 Å². The molecule has 1 N–H and O–H groups in total. The molecule has 2 rings (SSSR count). The van der Waals surface area contributed by atoms with Crippen LogP contribution in [0.15, 0.2) is 15.9 Å². The molecule has 0 aromatic carbocycles. The number of thiophene rings is 1. The molecule has 13 heavy (non-hydrogen) atoms. The highest BCUT2D eigenvalue weighted by atomic mass is 79.9. The fraction of sp³-hybridized carbons (Fsp3) is 0.444. The molecule has 4 heteroatoms. The summed E-state index contributed by atoms with van der Waals surface area (Å²) in [5.74, 6) is 0.0434. The third kappa shape index (κ3) is 1.94. The minimum Gasteiger partial charge on any atom is -0.346 e. The van der Waals surface area contributed by atoms with E-state index in [1.807, 2.05) is 11.4 Å². The van der Waals surface area contributed by atoms with Gasteiger partial charge in [-0.05, 0) is 47.1 Å². The molecule has 0 unspecified atom stereocenters. The van der Waals surface area contributed by atoms with Crippen molar-refractivity contribution in [3.05, 3.63) is 20.8 Å². The van der Waals surface area contributed by atoms with Gasteiger partial charge in [-0.2, -0.15) is 0 Å². The van der Waals surface area contributed by atoms with Gasteiger partial charge in [-0.15, -0.1) is 11.3 Å². The lowest BCUT2D eigenvalue weighted by atomic mass is 10.3. The van der Waals surface area contributed by atoms with Crippen LogP contribution in [0.1, 0.15) is 29.4 Å². The van der Waals surface area contributed by atoms with Crippen LogP contribution in [0, 0.1) is 0 Å². The van der Waals surface area contributed by atoms with Crippen LogP contribution in [0.5, 0.6) is 0 Å². The Morgan fingerprint density at radius 1 is 1.69 bits per heavy atom. The molecule has 0 bridgehead atoms. The van der Waals surface area contributed by atoms with Gasteiger partial charge >= 0.3 is 0 Å². The highest BCUT2D eigenvalue weighted by molar-refractivity contribution is 9.10. The molecule has 1 fully saturated rings. The largest absolute Gasteiger partial charge is 0.346 e. The number of carbonyl (C=O) groups excluding carboxylic acids is 1. The van der Waals surface area contributed by atoms with Crippen LogP contribution in [0.2, 0.25) is 0 Å². The third-order valence-electron chi connectivity index (χ3n) is 2.24. The molecule has 1 aromatic heterocycles. The average Bonchev–Trinajstić information content (AvgIpc) is 2.63. The molecule has 0 atom stereocenters. The summed E-state index contributed by atoms with van der Waals surface area (Å²) in [6.45, 7) is 2.08. The molecule has 2 nitrogen and oxygen atoms in total. The van der Waals surface area contributed by atoms with Gasteiger partial charge in [0.15, 0.2) is 0 Å². The van der Waals surface area contributed by atoms with Crippen LogP contribution in [0.3, 0.4) is 0 Å². The SMILES string of the molecule is CC1(NC(=O)c2sccc2Br)CC1. The number of rotatable bonds is 2. The minimum atomic E-state index is 0.0434. The van der Waals surface area contributed by atoms with Crippen molar-refractivity contribution in [3.63, 3.8) is 0 Å². The van der Waals surface area contributed by atoms with Crippen LogP contribution in [-0.4, -0.2) is 11.4 Å². The van der Waals surface area contributed by atoms with Gasteiger partial charge in [0.05, 0.1) is 0 Å². The summed E-state index contributed by atoms with van der Waals surface area (Å²) >= 11 is 4.81. The minimum absolute atomic E-state index is 0.0434. The second-order valence-corrected chi connectivity index (χ2v) is 5.38. The zero-order chi connectivity index (χ0) is 9.47. The van der Waals surface area contributed by atoms with Gasteiger partial charge in [0.2, 0.25) is 0 Å². The average molecular weight is 260 g/mol. The second kappa shape index (κ2) is 3.10. The molecule has 0 saturated heterocycles. The molecular weight excluding hydrogens is 250 g/mol. The third-order valence-corrected chi connectivity index (χ3v) is 4.08. The number of hydrogen-bond donors (Lipinski definition) is 1. The first-order valence-electron chi connectivity index (χ1n) is 4.16. The predicted molar refractivity (Wildman–Crippen MR) is 57.1 cm³/mol. The van der Waals surface area contributed by atoms with Crippen molar-refractivity contribution in [1.82, 2.24) is 5.32 Å². The quantitative estimate of drug-likeness (QED) is 0.870. The maximum Gasteiger partial charge on any atom is 0.262 e. The van der Waals surface area contributed by atoms with E-state index >= 15 is 0 Å². The number of hydrogen-bond acceptors (Lipinski definition) is 2. The van der Waals surface area contributed by atoms with Gasteiger partial charge in [-0.25, -0.2) is 0 Å². The molecule has 1 heterocycles. The normalized spacial score (nSPS) is 18.3. The summed E-state index contributed by atoms with van der Waals surface area (Å²) in [6.07, 6.45) is 2.20. The van der Waals surface area contributed by atoms with Crippen molar-refractivity contribution in [2.75, 3.05) is 0 Å². The zero-order valence-corrected chi connectivity index (χ0v) is 9.67. The summed E-state index contributed by atoms with van der Waals surface area (Å²) in [5.41, 5.74) is 0.0700. The standard InChI is InChI=1S/C9H10BrNOS/c1-9(3-4-9)11-8(12)7-6(10)2-5-13-7/h2,5H,3-4H2,1H3,(H,11,12). The number of halogens is 1. The van der Waals surface area contributed by atoms with Gasteiger partial charge in [0.1, 0.15) is 4.88 Å². The maximum absolute atomic E-state index is 11.7. The molecule has 70 valence electrons. The monoisotopic (exact) mass is 259 g/mol. The van der Waals surface area contributed by atoms with Gasteiger partial charge in [-0.3, -0.25) is 4.79 Å². The Morgan fingerprint density at radius 3 is 2.85 bits per heavy atom. The molecule has 1 aromatic rings. The Labute approximate surface area is 89.5 Å². The van der Waals surface area contributed by atoms with Crippen molar-refractivity contribution in [3.8, 4) is 0 Å². The molecule has 1 aliphatic carbocycles. The van der Waals surface area contributed by atoms with E-state index in [9.17, 15) is 4.79 Å². The van der Waals surface area contributed by atoms with E-state index < -0.39 is 0 Å². The first kappa shape index (κ1) is 9.21. The Kier molecular flexibility index (Phi) is 2.20. The number of nitrogens with one attached hydrogen (secondary N) is 1. The van der Waals surface area contributed by atoms with Crippen molar-refractivity contribution in [1.29, 1.82) is 0 Å². The van der Waals surface area contributed by atoms with Gasteiger partial charge < -0.3 is 5.32 Å². The Morgan fingerprint density at radius 2 is 2.38 bits per heavy atom. The molecule has 1 saturated carbocycles. The number of carbonyl (C=O) groups is 1. The lowest BCUT2D eigenvalue weighted by molar-refractivity contribution is 0.0939. The summed E-state index contributed by atoms with van der Waals surface area (Å²) in [5, 5.41) is 4.93. The van der Waals surface area contributed by atoms with Gasteiger partial charge in [0, 0.05) is 10.0 Å². The van der Waals surface area contributed by atoms with E-state index in [4.69, 9.17) is 0 Å². The topological polar surface area (TPSA) is 29.1 Å². The van der Waals surface area contributed by atoms with Crippen LogP contribution in [0.25, 0.3) is 0 Å². The van der Waals surface area contributed by atoms with E-state index in [2.05, 4.69) is 28.2 Å². The first-order valence-corrected chi connectivity index (χ1v) is 5.83. The highest BCUT2D eigenvalue weighted by Crippen LogP contribution is 2.35. The van der Waals surface area contributed by atoms with Crippen LogP contribution < -0.4 is 5.32 Å². The van der Waals surface area contributed by atoms with Crippen LogP contribution in [0.4, 0.5) is 0 Å². The summed E-state index contributed by atoms with van der Waals surface area (Å²) in [7, 11) is 0. The van der Waals surface area contributed by atoms with E-state index in [0.29, 0.717) is 0 Å². The highest BCUT2D eigenvalue weighted by Gasteiger charge is 2.39. The van der Waals surface area contributed by atoms with Crippen LogP contribution >= 0.6 is 27.3 Å². The summed E-state index contributed by atoms with van der Waals surface area (Å²) < 4.78 is 0.888. The maximum atomic E-state index is 11.7. The molecule has 1 aliphatic rings. The van der Waals surface area contributed by atoms with E-state index in [0.717, 1.165) is 22.2 Å². The molecule has 1 amide bonds. The van der Waals surface area contributed by atoms with E-state index in [1.54, 1.807) is 0 Å². The Bertz CT molecular complexity index is 343. The van der Waals surface area contributed by atoms with Gasteiger partial charge in [0.25, 0.3) is 5.91 Å². The van der Waals surface area contributed by atoms with E-state index in [1.165, 1.54) is 11.3 Å². The van der Waals surface area contributed by atoms with Crippen molar-refractivity contribution < 1.29 is 4.79 Å². The number of amides is 1. The van der Waals surface area contributed by atoms with Crippen molar-refractivity contribution in [2.24, 2.45) is 0 Å². The molecular formula is C9H10BrNOS. The van der Waals surface area contributed by atoms with Crippen molar-refractivity contribution >= 4 is 33.2 Å². The summed E-state index contributed by atoms with van der Waals surface area (Å²) in [6, 6.07) is 1.90. The molecule has 0 spiro atoms. The second-order valence-electron chi connectivity index (χ2n) is 3.61. The lowest BCUT2D eigenvalue weighted by Gasteiger charge is -2.09. The smallest absolute Gasteiger partial charge is 0.262 e. The fourth-order valence-corrected chi connectivity index (χ4v) is 2.55. The zero-order valence-electron chi connectivity index (χ0n) is 7.26. The lowest BCUT2D eigenvalue weighted by Crippen LogP contribution is -2.33. The Balaban J connectivity index is 2.09. The molecule has 0 aliphatic heterocycles. The Hall–Kier alpha value is -0.350. The summed E-state index contributed by atoms with van der Waals surface area (Å²) in [4.78, 5) is 12.4. The molecule has 0 radical (unpaired) electrons.